The zero-order valence-electron chi connectivity index (χ0n) is 14.0. The Kier molecular flexibility index (Phi) is 4.75. The summed E-state index contributed by atoms with van der Waals surface area (Å²) in [6.07, 6.45) is -1.66. The lowest BCUT2D eigenvalue weighted by molar-refractivity contribution is -0.141. The number of halogens is 3. The van der Waals surface area contributed by atoms with Gasteiger partial charge in [0, 0.05) is 35.8 Å². The van der Waals surface area contributed by atoms with Crippen LogP contribution in [0.25, 0.3) is 11.4 Å². The fourth-order valence-electron chi connectivity index (χ4n) is 2.28. The monoisotopic (exact) mass is 360 g/mol. The summed E-state index contributed by atoms with van der Waals surface area (Å²) < 4.78 is 44.9. The number of nitrogens with zero attached hydrogens (tertiary/aromatic N) is 3. The lowest BCUT2D eigenvalue weighted by atomic mass is 10.2. The van der Waals surface area contributed by atoms with Gasteiger partial charge < -0.3 is 10.1 Å². The summed E-state index contributed by atoms with van der Waals surface area (Å²) in [6, 6.07) is 9.34. The summed E-state index contributed by atoms with van der Waals surface area (Å²) in [7, 11) is 1.52. The van der Waals surface area contributed by atoms with Crippen LogP contribution in [-0.2, 0) is 6.18 Å². The van der Waals surface area contributed by atoms with E-state index in [9.17, 15) is 13.2 Å². The first-order valence-corrected chi connectivity index (χ1v) is 7.65. The maximum Gasteiger partial charge on any atom is 0.433 e. The van der Waals surface area contributed by atoms with Gasteiger partial charge in [-0.2, -0.15) is 13.2 Å². The van der Waals surface area contributed by atoms with E-state index in [0.717, 1.165) is 11.6 Å². The highest BCUT2D eigenvalue weighted by atomic mass is 19.4. The second-order valence-corrected chi connectivity index (χ2v) is 5.51. The molecule has 0 bridgehead atoms. The number of rotatable bonds is 4. The van der Waals surface area contributed by atoms with Gasteiger partial charge in [0.05, 0.1) is 7.11 Å². The van der Waals surface area contributed by atoms with Crippen molar-refractivity contribution < 1.29 is 17.9 Å². The third kappa shape index (κ3) is 3.90. The second-order valence-electron chi connectivity index (χ2n) is 5.51. The minimum absolute atomic E-state index is 0.0301. The molecule has 0 fully saturated rings. The van der Waals surface area contributed by atoms with Gasteiger partial charge >= 0.3 is 6.18 Å². The van der Waals surface area contributed by atoms with Crippen molar-refractivity contribution in [1.29, 1.82) is 0 Å². The smallest absolute Gasteiger partial charge is 0.433 e. The van der Waals surface area contributed by atoms with Gasteiger partial charge in [-0.05, 0) is 30.7 Å². The SMILES string of the molecule is COc1ccc(C)c(Nc2cc(C(F)(F)F)nc(-c3cccnc3)n2)c1. The first-order chi connectivity index (χ1) is 12.4. The van der Waals surface area contributed by atoms with Gasteiger partial charge in [-0.1, -0.05) is 6.07 Å². The Balaban J connectivity index is 2.07. The predicted molar refractivity (Wildman–Crippen MR) is 91.3 cm³/mol. The number of hydrogen-bond donors (Lipinski definition) is 1. The standard InChI is InChI=1S/C18H15F3N4O/c1-11-5-6-13(26-2)8-14(11)23-16-9-15(18(19,20)21)24-17(25-16)12-4-3-7-22-10-12/h3-10H,1-2H3,(H,23,24,25). The van der Waals surface area contributed by atoms with Crippen LogP contribution in [0.2, 0.25) is 0 Å². The number of hydrogen-bond acceptors (Lipinski definition) is 5. The molecular formula is C18H15F3N4O. The first kappa shape index (κ1) is 17.7. The number of aromatic nitrogens is 3. The van der Waals surface area contributed by atoms with Crippen LogP contribution in [0.3, 0.4) is 0 Å². The molecule has 8 heteroatoms. The van der Waals surface area contributed by atoms with Crippen LogP contribution in [0, 0.1) is 6.92 Å². The molecule has 3 aromatic rings. The molecule has 0 aliphatic heterocycles. The summed E-state index contributed by atoms with van der Waals surface area (Å²) >= 11 is 0. The van der Waals surface area contributed by atoms with Crippen LogP contribution >= 0.6 is 0 Å². The van der Waals surface area contributed by atoms with Gasteiger partial charge in [-0.25, -0.2) is 9.97 Å². The van der Waals surface area contributed by atoms with Gasteiger partial charge in [0.2, 0.25) is 0 Å². The van der Waals surface area contributed by atoms with Crippen LogP contribution in [0.5, 0.6) is 5.75 Å². The summed E-state index contributed by atoms with van der Waals surface area (Å²) in [5.41, 5.74) is 0.785. The average molecular weight is 360 g/mol. The average Bonchev–Trinajstić information content (AvgIpc) is 2.63. The molecular weight excluding hydrogens is 345 g/mol. The summed E-state index contributed by atoms with van der Waals surface area (Å²) in [6.45, 7) is 1.83. The van der Waals surface area contributed by atoms with E-state index in [4.69, 9.17) is 4.74 Å². The van der Waals surface area contributed by atoms with E-state index in [-0.39, 0.29) is 11.6 Å². The molecule has 2 heterocycles. The molecule has 0 unspecified atom stereocenters. The van der Waals surface area contributed by atoms with Crippen molar-refractivity contribution >= 4 is 11.5 Å². The van der Waals surface area contributed by atoms with Crippen molar-refractivity contribution in [2.45, 2.75) is 13.1 Å². The molecule has 0 aliphatic rings. The van der Waals surface area contributed by atoms with Crippen LogP contribution in [0.15, 0.2) is 48.8 Å². The number of ether oxygens (including phenoxy) is 1. The predicted octanol–water partition coefficient (Wildman–Crippen LogP) is 4.62. The van der Waals surface area contributed by atoms with Crippen molar-refractivity contribution in [3.63, 3.8) is 0 Å². The van der Waals surface area contributed by atoms with E-state index < -0.39 is 11.9 Å². The number of alkyl halides is 3. The molecule has 0 saturated heterocycles. The Hall–Kier alpha value is -3.16. The van der Waals surface area contributed by atoms with Crippen molar-refractivity contribution in [2.24, 2.45) is 0 Å². The minimum atomic E-state index is -4.60. The Morgan fingerprint density at radius 1 is 1.08 bits per heavy atom. The Labute approximate surface area is 147 Å². The van der Waals surface area contributed by atoms with Crippen LogP contribution in [0.4, 0.5) is 24.7 Å². The summed E-state index contributed by atoms with van der Waals surface area (Å²) in [5, 5.41) is 2.92. The van der Waals surface area contributed by atoms with E-state index >= 15 is 0 Å². The molecule has 0 atom stereocenters. The third-order valence-corrected chi connectivity index (χ3v) is 3.64. The van der Waals surface area contributed by atoms with E-state index in [1.807, 2.05) is 6.92 Å². The number of anilines is 2. The molecule has 3 rings (SSSR count). The van der Waals surface area contributed by atoms with Crippen LogP contribution in [-0.4, -0.2) is 22.1 Å². The normalized spacial score (nSPS) is 11.3. The molecule has 0 saturated carbocycles. The van der Waals surface area contributed by atoms with Crippen molar-refractivity contribution in [2.75, 3.05) is 12.4 Å². The highest BCUT2D eigenvalue weighted by molar-refractivity contribution is 5.65. The van der Waals surface area contributed by atoms with E-state index in [2.05, 4.69) is 20.3 Å². The molecule has 1 aromatic carbocycles. The third-order valence-electron chi connectivity index (χ3n) is 3.64. The fourth-order valence-corrected chi connectivity index (χ4v) is 2.28. The highest BCUT2D eigenvalue weighted by Gasteiger charge is 2.34. The van der Waals surface area contributed by atoms with Crippen molar-refractivity contribution in [3.8, 4) is 17.1 Å². The topological polar surface area (TPSA) is 59.9 Å². The molecule has 0 amide bonds. The summed E-state index contributed by atoms with van der Waals surface area (Å²) in [4.78, 5) is 11.7. The van der Waals surface area contributed by atoms with Crippen LogP contribution in [0.1, 0.15) is 11.3 Å². The van der Waals surface area contributed by atoms with Gasteiger partial charge in [0.25, 0.3) is 0 Å². The minimum Gasteiger partial charge on any atom is -0.497 e. The van der Waals surface area contributed by atoms with Gasteiger partial charge in [-0.15, -0.1) is 0 Å². The largest absolute Gasteiger partial charge is 0.497 e. The molecule has 26 heavy (non-hydrogen) atoms. The number of aryl methyl sites for hydroxylation is 1. The van der Waals surface area contributed by atoms with Gasteiger partial charge in [0.15, 0.2) is 11.5 Å². The fraction of sp³-hybridized carbons (Fsp3) is 0.167. The maximum absolute atomic E-state index is 13.2. The highest BCUT2D eigenvalue weighted by Crippen LogP contribution is 2.32. The molecule has 2 aromatic heterocycles. The van der Waals surface area contributed by atoms with Crippen LogP contribution < -0.4 is 10.1 Å². The molecule has 134 valence electrons. The Morgan fingerprint density at radius 2 is 1.88 bits per heavy atom. The van der Waals surface area contributed by atoms with Gasteiger partial charge in [-0.3, -0.25) is 4.98 Å². The summed E-state index contributed by atoms with van der Waals surface area (Å²) in [5.74, 6) is 0.550. The lowest BCUT2D eigenvalue weighted by Crippen LogP contribution is -2.11. The Bertz CT molecular complexity index is 914. The van der Waals surface area contributed by atoms with E-state index in [1.165, 1.54) is 19.5 Å². The zero-order chi connectivity index (χ0) is 18.7. The first-order valence-electron chi connectivity index (χ1n) is 7.65. The number of nitrogens with one attached hydrogen (secondary N) is 1. The molecule has 0 radical (unpaired) electrons. The number of methoxy groups -OCH3 is 1. The van der Waals surface area contributed by atoms with Crippen molar-refractivity contribution in [3.05, 3.63) is 60.0 Å². The molecule has 0 spiro atoms. The molecule has 1 N–H and O–H groups in total. The number of pyridine rings is 1. The lowest BCUT2D eigenvalue weighted by Gasteiger charge is -2.14. The van der Waals surface area contributed by atoms with E-state index in [0.29, 0.717) is 17.0 Å². The quantitative estimate of drug-likeness (QED) is 0.736. The van der Waals surface area contributed by atoms with E-state index in [1.54, 1.807) is 30.3 Å². The maximum atomic E-state index is 13.2. The van der Waals surface area contributed by atoms with Gasteiger partial charge in [0.1, 0.15) is 11.6 Å². The zero-order valence-corrected chi connectivity index (χ0v) is 14.0. The van der Waals surface area contributed by atoms with Crippen molar-refractivity contribution in [1.82, 2.24) is 15.0 Å². The second kappa shape index (κ2) is 6.99. The molecule has 5 nitrogen and oxygen atoms in total. The Morgan fingerprint density at radius 3 is 2.54 bits per heavy atom. The number of benzene rings is 1. The molecule has 0 aliphatic carbocycles.